The Balaban J connectivity index is 2.86. The van der Waals surface area contributed by atoms with Gasteiger partial charge in [-0.25, -0.2) is 4.75 Å². The molecule has 2 aromatic rings. The van der Waals surface area contributed by atoms with Crippen molar-refractivity contribution in [3.8, 4) is 0 Å². The van der Waals surface area contributed by atoms with Crippen LogP contribution in [0.5, 0.6) is 0 Å². The van der Waals surface area contributed by atoms with Crippen molar-refractivity contribution in [1.82, 2.24) is 9.15 Å². The molecule has 0 aliphatic carbocycles. The van der Waals surface area contributed by atoms with E-state index in [0.717, 1.165) is 14.0 Å². The van der Waals surface area contributed by atoms with Gasteiger partial charge in [-0.3, -0.25) is 0 Å². The van der Waals surface area contributed by atoms with E-state index in [-0.39, 0.29) is 0 Å². The Kier molecular flexibility index (Phi) is 1.21. The molecule has 0 radical (unpaired) electrons. The van der Waals surface area contributed by atoms with E-state index in [1.807, 2.05) is 16.5 Å². The van der Waals surface area contributed by atoms with Gasteiger partial charge in [-0.2, -0.15) is 0 Å². The van der Waals surface area contributed by atoms with Gasteiger partial charge < -0.3 is 4.40 Å². The van der Waals surface area contributed by atoms with Gasteiger partial charge in [0.05, 0.1) is 14.3 Å². The summed E-state index contributed by atoms with van der Waals surface area (Å²) < 4.78 is 6.28. The molecule has 0 saturated carbocycles. The first-order valence-electron chi connectivity index (χ1n) is 3.12. The Bertz CT molecular complexity index is 353. The quantitative estimate of drug-likeness (QED) is 0.562. The number of aryl methyl sites for hydroxylation is 1. The number of fused-ring (bicyclic) bond motifs is 1. The van der Waals surface area contributed by atoms with Crippen molar-refractivity contribution in [3.05, 3.63) is 29.8 Å². The Morgan fingerprint density at radius 2 is 2.50 bits per heavy atom. The molecule has 0 unspecified atom stereocenters. The zero-order valence-electron chi connectivity index (χ0n) is 5.65. The number of hydrogen-bond acceptors (Lipinski definition) is 1. The second kappa shape index (κ2) is 2.06. The summed E-state index contributed by atoms with van der Waals surface area (Å²) in [6.07, 6.45) is 2.04. The molecular weight excluding hydrogens is 143 g/mol. The summed E-state index contributed by atoms with van der Waals surface area (Å²) in [5, 5.41) is 0. The van der Waals surface area contributed by atoms with Crippen molar-refractivity contribution in [2.24, 2.45) is 0 Å². The lowest BCUT2D eigenvalue weighted by atomic mass is 10.3. The van der Waals surface area contributed by atoms with Crippen LogP contribution >= 0.6 is 8.35 Å². The summed E-state index contributed by atoms with van der Waals surface area (Å²) in [6, 6.07) is 4.16. The summed E-state index contributed by atoms with van der Waals surface area (Å²) in [7, 11) is 1.04. The first-order chi connectivity index (χ1) is 4.86. The van der Waals surface area contributed by atoms with E-state index >= 15 is 0 Å². The van der Waals surface area contributed by atoms with E-state index in [9.17, 15) is 0 Å². The Morgan fingerprint density at radius 1 is 1.60 bits per heavy atom. The highest BCUT2D eigenvalue weighted by Gasteiger charge is 1.90. The molecule has 0 N–H and O–H groups in total. The number of rotatable bonds is 0. The Morgan fingerprint density at radius 3 is 3.40 bits per heavy atom. The van der Waals surface area contributed by atoms with E-state index in [4.69, 9.17) is 0 Å². The first-order valence-corrected chi connectivity index (χ1v) is 4.04. The van der Waals surface area contributed by atoms with Gasteiger partial charge in [-0.05, 0) is 24.6 Å². The van der Waals surface area contributed by atoms with Gasteiger partial charge in [0, 0.05) is 6.20 Å². The number of nitrogens with zero attached hydrogens (tertiary/aromatic N) is 2. The average molecular weight is 150 g/mol. The molecule has 2 rings (SSSR count). The van der Waals surface area contributed by atoms with Crippen LogP contribution in [0.25, 0.3) is 5.65 Å². The maximum absolute atomic E-state index is 4.24. The van der Waals surface area contributed by atoms with E-state index in [0.29, 0.717) is 0 Å². The molecule has 0 aliphatic rings. The van der Waals surface area contributed by atoms with Gasteiger partial charge in [0.2, 0.25) is 0 Å². The van der Waals surface area contributed by atoms with Crippen LogP contribution in [0.2, 0.25) is 0 Å². The van der Waals surface area contributed by atoms with Crippen LogP contribution in [0.4, 0.5) is 0 Å². The molecule has 0 spiro atoms. The molecule has 2 heterocycles. The fourth-order valence-corrected chi connectivity index (χ4v) is 1.56. The van der Waals surface area contributed by atoms with Crippen molar-refractivity contribution in [3.63, 3.8) is 0 Å². The summed E-state index contributed by atoms with van der Waals surface area (Å²) >= 11 is 0. The van der Waals surface area contributed by atoms with Crippen molar-refractivity contribution < 1.29 is 0 Å². The fraction of sp³-hybridized carbons (Fsp3) is 0.143. The Labute approximate surface area is 60.7 Å². The van der Waals surface area contributed by atoms with Crippen LogP contribution in [0.3, 0.4) is 0 Å². The number of aromatic nitrogens is 2. The fourth-order valence-electron chi connectivity index (χ4n) is 0.919. The van der Waals surface area contributed by atoms with Gasteiger partial charge in [0.15, 0.2) is 0 Å². The molecule has 0 bridgehead atoms. The summed E-state index contributed by atoms with van der Waals surface area (Å²) in [6.45, 7) is 2.07. The maximum Gasteiger partial charge on any atom is 0.141 e. The molecule has 2 aromatic heterocycles. The lowest BCUT2D eigenvalue weighted by Gasteiger charge is -1.92. The summed E-state index contributed by atoms with van der Waals surface area (Å²) in [5.41, 5.74) is 2.32. The van der Waals surface area contributed by atoms with Crippen molar-refractivity contribution in [2.45, 2.75) is 6.92 Å². The molecule has 0 amide bonds. The molecule has 0 atom stereocenters. The average Bonchev–Trinajstić information content (AvgIpc) is 2.33. The third-order valence-corrected chi connectivity index (χ3v) is 2.13. The SMILES string of the molecule is Cc1ccn2cpnc2c1. The smallest absolute Gasteiger partial charge is 0.141 e. The van der Waals surface area contributed by atoms with Crippen LogP contribution in [0.1, 0.15) is 5.56 Å². The van der Waals surface area contributed by atoms with Gasteiger partial charge in [-0.1, -0.05) is 0 Å². The monoisotopic (exact) mass is 150 g/mol. The summed E-state index contributed by atoms with van der Waals surface area (Å²) in [4.78, 5) is 0. The van der Waals surface area contributed by atoms with Crippen LogP contribution in [-0.4, -0.2) is 9.15 Å². The van der Waals surface area contributed by atoms with Gasteiger partial charge in [-0.15, -0.1) is 0 Å². The van der Waals surface area contributed by atoms with E-state index in [1.165, 1.54) is 5.56 Å². The highest BCUT2D eigenvalue weighted by Crippen LogP contribution is 2.08. The Hall–Kier alpha value is -0.880. The molecule has 0 fully saturated rings. The molecule has 0 aliphatic heterocycles. The van der Waals surface area contributed by atoms with Crippen LogP contribution in [0, 0.1) is 6.92 Å². The van der Waals surface area contributed by atoms with E-state index in [2.05, 4.69) is 23.8 Å². The minimum absolute atomic E-state index is 1.04. The summed E-state index contributed by atoms with van der Waals surface area (Å²) in [5.74, 6) is 2.04. The number of hydrogen-bond donors (Lipinski definition) is 0. The highest BCUT2D eigenvalue weighted by molar-refractivity contribution is 7.24. The van der Waals surface area contributed by atoms with Gasteiger partial charge in [0.1, 0.15) is 5.65 Å². The number of pyridine rings is 1. The zero-order valence-corrected chi connectivity index (χ0v) is 6.55. The lowest BCUT2D eigenvalue weighted by Crippen LogP contribution is -1.81. The maximum atomic E-state index is 4.24. The second-order valence-electron chi connectivity index (χ2n) is 2.30. The molecule has 10 heavy (non-hydrogen) atoms. The molecule has 0 saturated heterocycles. The zero-order chi connectivity index (χ0) is 6.97. The minimum Gasteiger partial charge on any atom is -0.302 e. The largest absolute Gasteiger partial charge is 0.302 e. The van der Waals surface area contributed by atoms with Crippen LogP contribution < -0.4 is 0 Å². The standard InChI is InChI=1S/C7H7N2P/c1-6-2-3-9-5-10-8-7(9)4-6/h2-5H,1H3. The van der Waals surface area contributed by atoms with Crippen molar-refractivity contribution in [2.75, 3.05) is 0 Å². The van der Waals surface area contributed by atoms with Crippen molar-refractivity contribution in [1.29, 1.82) is 0 Å². The predicted molar refractivity (Wildman–Crippen MR) is 42.4 cm³/mol. The van der Waals surface area contributed by atoms with E-state index < -0.39 is 0 Å². The first kappa shape index (κ1) is 5.87. The third kappa shape index (κ3) is 0.812. The normalized spacial score (nSPS) is 11.3. The molecule has 0 aromatic carbocycles. The molecule has 3 heteroatoms. The van der Waals surface area contributed by atoms with Gasteiger partial charge >= 0.3 is 0 Å². The highest BCUT2D eigenvalue weighted by atomic mass is 31.0. The lowest BCUT2D eigenvalue weighted by molar-refractivity contribution is 1.17. The van der Waals surface area contributed by atoms with Gasteiger partial charge in [0.25, 0.3) is 0 Å². The molecule has 2 nitrogen and oxygen atoms in total. The van der Waals surface area contributed by atoms with Crippen molar-refractivity contribution >= 4 is 14.0 Å². The molecule has 50 valence electrons. The third-order valence-electron chi connectivity index (χ3n) is 1.46. The van der Waals surface area contributed by atoms with Crippen LogP contribution in [0.15, 0.2) is 24.3 Å². The molecular formula is C7H7N2P. The van der Waals surface area contributed by atoms with E-state index in [1.54, 1.807) is 0 Å². The topological polar surface area (TPSA) is 17.3 Å². The second-order valence-corrected chi connectivity index (χ2v) is 2.96. The van der Waals surface area contributed by atoms with Crippen LogP contribution in [-0.2, 0) is 0 Å². The predicted octanol–water partition coefficient (Wildman–Crippen LogP) is 2.22. The minimum atomic E-state index is 1.04.